The van der Waals surface area contributed by atoms with Crippen LogP contribution in [0.3, 0.4) is 0 Å². The summed E-state index contributed by atoms with van der Waals surface area (Å²) in [7, 11) is 4.05. The van der Waals surface area contributed by atoms with E-state index >= 15 is 0 Å². The van der Waals surface area contributed by atoms with Crippen molar-refractivity contribution in [2.75, 3.05) is 27.3 Å². The third kappa shape index (κ3) is 3.74. The highest BCUT2D eigenvalue weighted by atomic mass is 16.5. The smallest absolute Gasteiger partial charge is 0.0956 e. The number of aliphatic hydroxyl groups excluding tert-OH is 1. The Bertz CT molecular complexity index is 156. The van der Waals surface area contributed by atoms with Crippen molar-refractivity contribution in [3.05, 3.63) is 0 Å². The first-order chi connectivity index (χ1) is 7.05. The lowest BCUT2D eigenvalue weighted by Gasteiger charge is -2.42. The zero-order chi connectivity index (χ0) is 11.9. The molecule has 3 nitrogen and oxygen atoms in total. The molecule has 15 heavy (non-hydrogen) atoms. The standard InChI is InChI=1S/C12H27NO2/c1-6-9-15-10-11(14)12(7-2,8-3)13(4)5/h11,14H,6-10H2,1-5H3. The van der Waals surface area contributed by atoms with Crippen molar-refractivity contribution >= 4 is 0 Å². The molecule has 0 aromatic carbocycles. The molecule has 0 saturated carbocycles. The molecular weight excluding hydrogens is 190 g/mol. The third-order valence-corrected chi connectivity index (χ3v) is 3.36. The zero-order valence-electron chi connectivity index (χ0n) is 10.9. The molecular formula is C12H27NO2. The van der Waals surface area contributed by atoms with E-state index in [0.29, 0.717) is 6.61 Å². The molecule has 1 N–H and O–H groups in total. The van der Waals surface area contributed by atoms with E-state index in [-0.39, 0.29) is 5.54 Å². The van der Waals surface area contributed by atoms with Gasteiger partial charge in [0.1, 0.15) is 0 Å². The van der Waals surface area contributed by atoms with E-state index in [4.69, 9.17) is 4.74 Å². The normalized spacial score (nSPS) is 14.6. The molecule has 1 atom stereocenters. The monoisotopic (exact) mass is 217 g/mol. The number of aliphatic hydroxyl groups is 1. The average Bonchev–Trinajstić information content (AvgIpc) is 2.20. The van der Waals surface area contributed by atoms with Crippen LogP contribution in [0.25, 0.3) is 0 Å². The summed E-state index contributed by atoms with van der Waals surface area (Å²) < 4.78 is 5.43. The minimum atomic E-state index is -0.408. The van der Waals surface area contributed by atoms with Crippen LogP contribution in [0.5, 0.6) is 0 Å². The number of hydrogen-bond donors (Lipinski definition) is 1. The second kappa shape index (κ2) is 7.20. The summed E-state index contributed by atoms with van der Waals surface area (Å²) in [5.41, 5.74) is -0.145. The van der Waals surface area contributed by atoms with Gasteiger partial charge in [-0.3, -0.25) is 0 Å². The van der Waals surface area contributed by atoms with Gasteiger partial charge < -0.3 is 14.7 Å². The first-order valence-corrected chi connectivity index (χ1v) is 5.98. The van der Waals surface area contributed by atoms with E-state index in [2.05, 4.69) is 25.7 Å². The second-order valence-corrected chi connectivity index (χ2v) is 4.30. The van der Waals surface area contributed by atoms with Gasteiger partial charge in [-0.1, -0.05) is 20.8 Å². The molecule has 0 amide bonds. The highest BCUT2D eigenvalue weighted by molar-refractivity contribution is 4.92. The molecule has 3 heteroatoms. The summed E-state index contributed by atoms with van der Waals surface area (Å²) in [6.07, 6.45) is 2.47. The lowest BCUT2D eigenvalue weighted by Crippen LogP contribution is -2.54. The first kappa shape index (κ1) is 14.9. The summed E-state index contributed by atoms with van der Waals surface area (Å²) >= 11 is 0. The zero-order valence-corrected chi connectivity index (χ0v) is 10.9. The summed E-state index contributed by atoms with van der Waals surface area (Å²) in [6.45, 7) is 7.48. The highest BCUT2D eigenvalue weighted by Gasteiger charge is 2.36. The Morgan fingerprint density at radius 3 is 2.07 bits per heavy atom. The number of rotatable bonds is 8. The van der Waals surface area contributed by atoms with Gasteiger partial charge in [0.05, 0.1) is 12.7 Å². The molecule has 0 aliphatic rings. The Hall–Kier alpha value is -0.120. The number of ether oxygens (including phenoxy) is 1. The van der Waals surface area contributed by atoms with Gasteiger partial charge >= 0.3 is 0 Å². The van der Waals surface area contributed by atoms with E-state index in [1.165, 1.54) is 0 Å². The lowest BCUT2D eigenvalue weighted by molar-refractivity contribution is -0.0613. The van der Waals surface area contributed by atoms with Crippen molar-refractivity contribution < 1.29 is 9.84 Å². The molecule has 0 rings (SSSR count). The predicted octanol–water partition coefficient (Wildman–Crippen LogP) is 1.89. The Balaban J connectivity index is 4.34. The van der Waals surface area contributed by atoms with Crippen LogP contribution in [0.1, 0.15) is 40.0 Å². The second-order valence-electron chi connectivity index (χ2n) is 4.30. The van der Waals surface area contributed by atoms with E-state index < -0.39 is 6.10 Å². The van der Waals surface area contributed by atoms with Crippen molar-refractivity contribution in [1.29, 1.82) is 0 Å². The summed E-state index contributed by atoms with van der Waals surface area (Å²) in [6, 6.07) is 0. The minimum Gasteiger partial charge on any atom is -0.389 e. The van der Waals surface area contributed by atoms with Crippen LogP contribution in [-0.2, 0) is 4.74 Å². The van der Waals surface area contributed by atoms with Crippen molar-refractivity contribution in [2.24, 2.45) is 0 Å². The first-order valence-electron chi connectivity index (χ1n) is 5.98. The molecule has 0 aliphatic carbocycles. The third-order valence-electron chi connectivity index (χ3n) is 3.36. The molecule has 0 saturated heterocycles. The van der Waals surface area contributed by atoms with Gasteiger partial charge in [-0.05, 0) is 33.4 Å². The molecule has 0 bridgehead atoms. The molecule has 0 heterocycles. The van der Waals surface area contributed by atoms with Gasteiger partial charge in [0.25, 0.3) is 0 Å². The van der Waals surface area contributed by atoms with Gasteiger partial charge in [0.2, 0.25) is 0 Å². The van der Waals surface area contributed by atoms with Crippen LogP contribution in [0.4, 0.5) is 0 Å². The van der Waals surface area contributed by atoms with Gasteiger partial charge in [-0.25, -0.2) is 0 Å². The van der Waals surface area contributed by atoms with Crippen LogP contribution >= 0.6 is 0 Å². The number of nitrogens with zero attached hydrogens (tertiary/aromatic N) is 1. The van der Waals surface area contributed by atoms with Gasteiger partial charge in [0, 0.05) is 12.1 Å². The van der Waals surface area contributed by atoms with Crippen LogP contribution in [0, 0.1) is 0 Å². The summed E-state index contributed by atoms with van der Waals surface area (Å²) in [4.78, 5) is 2.12. The average molecular weight is 217 g/mol. The van der Waals surface area contributed by atoms with E-state index in [9.17, 15) is 5.11 Å². The molecule has 0 aliphatic heterocycles. The highest BCUT2D eigenvalue weighted by Crippen LogP contribution is 2.25. The minimum absolute atomic E-state index is 0.145. The van der Waals surface area contributed by atoms with Crippen LogP contribution in [-0.4, -0.2) is 49.0 Å². The maximum absolute atomic E-state index is 10.2. The Morgan fingerprint density at radius 2 is 1.73 bits per heavy atom. The van der Waals surface area contributed by atoms with Crippen LogP contribution < -0.4 is 0 Å². The number of likely N-dealkylation sites (N-methyl/N-ethyl adjacent to an activating group) is 1. The van der Waals surface area contributed by atoms with Crippen molar-refractivity contribution in [1.82, 2.24) is 4.90 Å². The quantitative estimate of drug-likeness (QED) is 0.630. The van der Waals surface area contributed by atoms with Crippen LogP contribution in [0.2, 0.25) is 0 Å². The van der Waals surface area contributed by atoms with E-state index in [0.717, 1.165) is 25.9 Å². The topological polar surface area (TPSA) is 32.7 Å². The maximum atomic E-state index is 10.2. The Labute approximate surface area is 94.4 Å². The van der Waals surface area contributed by atoms with Gasteiger partial charge in [-0.2, -0.15) is 0 Å². The Morgan fingerprint density at radius 1 is 1.20 bits per heavy atom. The van der Waals surface area contributed by atoms with E-state index in [1.54, 1.807) is 0 Å². The van der Waals surface area contributed by atoms with Crippen molar-refractivity contribution in [2.45, 2.75) is 51.7 Å². The largest absolute Gasteiger partial charge is 0.389 e. The SMILES string of the molecule is CCCOCC(O)C(CC)(CC)N(C)C. The molecule has 0 fully saturated rings. The van der Waals surface area contributed by atoms with Crippen LogP contribution in [0.15, 0.2) is 0 Å². The summed E-state index contributed by atoms with van der Waals surface area (Å²) in [5, 5.41) is 10.2. The molecule has 0 aromatic heterocycles. The number of hydrogen-bond acceptors (Lipinski definition) is 3. The van der Waals surface area contributed by atoms with Gasteiger partial charge in [-0.15, -0.1) is 0 Å². The van der Waals surface area contributed by atoms with Crippen molar-refractivity contribution in [3.8, 4) is 0 Å². The fraction of sp³-hybridized carbons (Fsp3) is 1.00. The molecule has 1 unspecified atom stereocenters. The molecule has 0 radical (unpaired) electrons. The predicted molar refractivity (Wildman–Crippen MR) is 64.1 cm³/mol. The fourth-order valence-corrected chi connectivity index (χ4v) is 2.15. The summed E-state index contributed by atoms with van der Waals surface area (Å²) in [5.74, 6) is 0. The lowest BCUT2D eigenvalue weighted by atomic mass is 9.85. The Kier molecular flexibility index (Phi) is 7.14. The molecule has 0 aromatic rings. The van der Waals surface area contributed by atoms with Gasteiger partial charge in [0.15, 0.2) is 0 Å². The maximum Gasteiger partial charge on any atom is 0.0956 e. The fourth-order valence-electron chi connectivity index (χ4n) is 2.15. The molecule has 0 spiro atoms. The molecule has 92 valence electrons. The van der Waals surface area contributed by atoms with Crippen molar-refractivity contribution in [3.63, 3.8) is 0 Å². The van der Waals surface area contributed by atoms with E-state index in [1.807, 2.05) is 14.1 Å².